The zero-order valence-corrected chi connectivity index (χ0v) is 16.2. The summed E-state index contributed by atoms with van der Waals surface area (Å²) in [5.74, 6) is -0.0896. The summed E-state index contributed by atoms with van der Waals surface area (Å²) in [6, 6.07) is 7.47. The standard InChI is InChI=1S/C20H24F3N3O2/c1-4-25(16-10-12-28-19(2,3)13-16)18(27)14-5-7-15(8-6-14)26-11-9-17(24-26)20(21,22)23/h5-9,11,16H,4,10,12-13H2,1-3H3. The third kappa shape index (κ3) is 4.38. The summed E-state index contributed by atoms with van der Waals surface area (Å²) >= 11 is 0. The van der Waals surface area contributed by atoms with Crippen LogP contribution in [0.25, 0.3) is 5.69 Å². The lowest BCUT2D eigenvalue weighted by atomic mass is 9.92. The molecule has 0 saturated carbocycles. The summed E-state index contributed by atoms with van der Waals surface area (Å²) in [5.41, 5.74) is -0.260. The largest absolute Gasteiger partial charge is 0.435 e. The summed E-state index contributed by atoms with van der Waals surface area (Å²) in [6.45, 7) is 7.17. The average molecular weight is 395 g/mol. The Morgan fingerprint density at radius 1 is 1.29 bits per heavy atom. The Morgan fingerprint density at radius 2 is 1.96 bits per heavy atom. The van der Waals surface area contributed by atoms with E-state index in [0.29, 0.717) is 24.4 Å². The number of halogens is 3. The van der Waals surface area contributed by atoms with Crippen molar-refractivity contribution in [3.63, 3.8) is 0 Å². The minimum Gasteiger partial charge on any atom is -0.375 e. The van der Waals surface area contributed by atoms with Gasteiger partial charge in [-0.05, 0) is 63.9 Å². The van der Waals surface area contributed by atoms with Gasteiger partial charge in [0, 0.05) is 31.0 Å². The van der Waals surface area contributed by atoms with Gasteiger partial charge in [0.15, 0.2) is 5.69 Å². The summed E-state index contributed by atoms with van der Waals surface area (Å²) in [4.78, 5) is 14.8. The van der Waals surface area contributed by atoms with E-state index < -0.39 is 11.9 Å². The smallest absolute Gasteiger partial charge is 0.375 e. The van der Waals surface area contributed by atoms with Crippen molar-refractivity contribution in [2.45, 2.75) is 51.4 Å². The number of hydrogen-bond donors (Lipinski definition) is 0. The number of aromatic nitrogens is 2. The van der Waals surface area contributed by atoms with Gasteiger partial charge < -0.3 is 9.64 Å². The summed E-state index contributed by atoms with van der Waals surface area (Å²) in [7, 11) is 0. The van der Waals surface area contributed by atoms with Gasteiger partial charge in [0.1, 0.15) is 0 Å². The van der Waals surface area contributed by atoms with Gasteiger partial charge in [-0.3, -0.25) is 4.79 Å². The maximum atomic E-state index is 13.0. The van der Waals surface area contributed by atoms with E-state index in [2.05, 4.69) is 5.10 Å². The molecule has 1 saturated heterocycles. The fourth-order valence-corrected chi connectivity index (χ4v) is 3.57. The molecular weight excluding hydrogens is 371 g/mol. The molecule has 3 rings (SSSR count). The third-order valence-electron chi connectivity index (χ3n) is 4.97. The molecule has 1 atom stereocenters. The molecule has 2 aromatic rings. The molecule has 152 valence electrons. The van der Waals surface area contributed by atoms with Crippen LogP contribution in [0.4, 0.5) is 13.2 Å². The van der Waals surface area contributed by atoms with Crippen molar-refractivity contribution in [1.82, 2.24) is 14.7 Å². The van der Waals surface area contributed by atoms with Crippen molar-refractivity contribution < 1.29 is 22.7 Å². The first-order valence-electron chi connectivity index (χ1n) is 9.29. The van der Waals surface area contributed by atoms with E-state index in [1.165, 1.54) is 6.20 Å². The Hall–Kier alpha value is -2.35. The highest BCUT2D eigenvalue weighted by Crippen LogP contribution is 2.29. The molecule has 1 aliphatic heterocycles. The Kier molecular flexibility index (Phi) is 5.52. The van der Waals surface area contributed by atoms with E-state index in [-0.39, 0.29) is 17.6 Å². The number of carbonyl (C=O) groups excluding carboxylic acids is 1. The van der Waals surface area contributed by atoms with Crippen LogP contribution in [-0.2, 0) is 10.9 Å². The van der Waals surface area contributed by atoms with Crippen LogP contribution in [0, 0.1) is 0 Å². The predicted octanol–water partition coefficient (Wildman–Crippen LogP) is 4.31. The van der Waals surface area contributed by atoms with Crippen LogP contribution in [0.2, 0.25) is 0 Å². The van der Waals surface area contributed by atoms with E-state index in [1.807, 2.05) is 25.7 Å². The van der Waals surface area contributed by atoms with Crippen LogP contribution in [0.1, 0.15) is 49.7 Å². The second-order valence-corrected chi connectivity index (χ2v) is 7.54. The number of rotatable bonds is 4. The number of nitrogens with zero attached hydrogens (tertiary/aromatic N) is 3. The lowest BCUT2D eigenvalue weighted by Crippen LogP contribution is -2.48. The van der Waals surface area contributed by atoms with Gasteiger partial charge >= 0.3 is 6.18 Å². The number of carbonyl (C=O) groups is 1. The van der Waals surface area contributed by atoms with Gasteiger partial charge in [-0.2, -0.15) is 18.3 Å². The fourth-order valence-electron chi connectivity index (χ4n) is 3.57. The number of hydrogen-bond acceptors (Lipinski definition) is 3. The number of benzene rings is 1. The molecule has 1 aromatic heterocycles. The highest BCUT2D eigenvalue weighted by atomic mass is 19.4. The molecule has 28 heavy (non-hydrogen) atoms. The zero-order chi connectivity index (χ0) is 20.5. The molecule has 1 aliphatic rings. The quantitative estimate of drug-likeness (QED) is 0.775. The first kappa shape index (κ1) is 20.4. The molecule has 0 bridgehead atoms. The Balaban J connectivity index is 1.76. The van der Waals surface area contributed by atoms with Gasteiger partial charge in [0.2, 0.25) is 0 Å². The third-order valence-corrected chi connectivity index (χ3v) is 4.97. The average Bonchev–Trinajstić information content (AvgIpc) is 3.12. The minimum atomic E-state index is -4.49. The van der Waals surface area contributed by atoms with E-state index >= 15 is 0 Å². The minimum absolute atomic E-state index is 0.0896. The zero-order valence-electron chi connectivity index (χ0n) is 16.2. The summed E-state index contributed by atoms with van der Waals surface area (Å²) < 4.78 is 45.0. The van der Waals surface area contributed by atoms with Crippen molar-refractivity contribution in [2.75, 3.05) is 13.2 Å². The molecule has 0 radical (unpaired) electrons. The van der Waals surface area contributed by atoms with Crippen LogP contribution in [0.5, 0.6) is 0 Å². The van der Waals surface area contributed by atoms with Crippen molar-refractivity contribution in [3.05, 3.63) is 47.8 Å². The normalized spacial score (nSPS) is 19.4. The van der Waals surface area contributed by atoms with Crippen LogP contribution < -0.4 is 0 Å². The Bertz CT molecular complexity index is 828. The molecule has 2 heterocycles. The Labute approximate surface area is 162 Å². The van der Waals surface area contributed by atoms with Gasteiger partial charge in [0.25, 0.3) is 5.91 Å². The van der Waals surface area contributed by atoms with Crippen molar-refractivity contribution in [1.29, 1.82) is 0 Å². The molecule has 0 N–H and O–H groups in total. The lowest BCUT2D eigenvalue weighted by molar-refractivity contribution is -0.141. The van der Waals surface area contributed by atoms with E-state index in [9.17, 15) is 18.0 Å². The first-order chi connectivity index (χ1) is 13.1. The molecule has 1 amide bonds. The highest BCUT2D eigenvalue weighted by Gasteiger charge is 2.35. The van der Waals surface area contributed by atoms with Crippen molar-refractivity contribution in [2.24, 2.45) is 0 Å². The number of amides is 1. The lowest BCUT2D eigenvalue weighted by Gasteiger charge is -2.41. The second kappa shape index (κ2) is 7.58. The summed E-state index contributed by atoms with van der Waals surface area (Å²) in [6.07, 6.45) is -1.69. The van der Waals surface area contributed by atoms with E-state index in [1.54, 1.807) is 24.3 Å². The molecule has 8 heteroatoms. The van der Waals surface area contributed by atoms with E-state index in [4.69, 9.17) is 4.74 Å². The summed E-state index contributed by atoms with van der Waals surface area (Å²) in [5, 5.41) is 3.55. The maximum absolute atomic E-state index is 13.0. The molecule has 0 aliphatic carbocycles. The van der Waals surface area contributed by atoms with E-state index in [0.717, 1.165) is 23.6 Å². The predicted molar refractivity (Wildman–Crippen MR) is 98.3 cm³/mol. The van der Waals surface area contributed by atoms with Crippen molar-refractivity contribution >= 4 is 5.91 Å². The van der Waals surface area contributed by atoms with Crippen LogP contribution >= 0.6 is 0 Å². The first-order valence-corrected chi connectivity index (χ1v) is 9.29. The fraction of sp³-hybridized carbons (Fsp3) is 0.500. The van der Waals surface area contributed by atoms with Gasteiger partial charge in [-0.1, -0.05) is 0 Å². The SMILES string of the molecule is CCN(C(=O)c1ccc(-n2ccc(C(F)(F)F)n2)cc1)C1CCOC(C)(C)C1. The molecule has 1 aromatic carbocycles. The molecule has 5 nitrogen and oxygen atoms in total. The maximum Gasteiger partial charge on any atom is 0.435 e. The van der Waals surface area contributed by atoms with Crippen LogP contribution in [0.15, 0.2) is 36.5 Å². The van der Waals surface area contributed by atoms with Crippen molar-refractivity contribution in [3.8, 4) is 5.69 Å². The molecular formula is C20H24F3N3O2. The molecule has 1 unspecified atom stereocenters. The van der Waals surface area contributed by atoms with Gasteiger partial charge in [-0.25, -0.2) is 4.68 Å². The highest BCUT2D eigenvalue weighted by molar-refractivity contribution is 5.94. The van der Waals surface area contributed by atoms with Crippen LogP contribution in [-0.4, -0.2) is 45.4 Å². The number of ether oxygens (including phenoxy) is 1. The Morgan fingerprint density at radius 3 is 2.50 bits per heavy atom. The van der Waals surface area contributed by atoms with Gasteiger partial charge in [-0.15, -0.1) is 0 Å². The topological polar surface area (TPSA) is 47.4 Å². The monoisotopic (exact) mass is 395 g/mol. The molecule has 1 fully saturated rings. The van der Waals surface area contributed by atoms with Crippen LogP contribution in [0.3, 0.4) is 0 Å². The second-order valence-electron chi connectivity index (χ2n) is 7.54. The number of alkyl halides is 3. The van der Waals surface area contributed by atoms with Gasteiger partial charge in [0.05, 0.1) is 11.3 Å². The molecule has 0 spiro atoms.